The van der Waals surface area contributed by atoms with Gasteiger partial charge in [-0.15, -0.1) is 11.6 Å². The van der Waals surface area contributed by atoms with Gasteiger partial charge < -0.3 is 0 Å². The number of pyridine rings is 1. The van der Waals surface area contributed by atoms with Gasteiger partial charge in [-0.1, -0.05) is 0 Å². The molecule has 15 heavy (non-hydrogen) atoms. The molecule has 0 bridgehead atoms. The zero-order valence-electron chi connectivity index (χ0n) is 7.12. The summed E-state index contributed by atoms with van der Waals surface area (Å²) in [5.74, 6) is -0.394. The Bertz CT molecular complexity index is 464. The maximum atomic E-state index is 12.4. The van der Waals surface area contributed by atoms with Crippen molar-refractivity contribution in [2.24, 2.45) is 0 Å². The quantitative estimate of drug-likeness (QED) is 0.630. The van der Waals surface area contributed by atoms with Crippen LogP contribution in [0.4, 0.5) is 8.78 Å². The lowest BCUT2D eigenvalue weighted by atomic mass is 10.2. The third kappa shape index (κ3) is 2.76. The first-order chi connectivity index (χ1) is 6.88. The van der Waals surface area contributed by atoms with Gasteiger partial charge in [0.15, 0.2) is 0 Å². The molecule has 1 aromatic rings. The molecule has 0 unspecified atom stereocenters. The number of halogens is 4. The normalized spacial score (nSPS) is 12.1. The zero-order chi connectivity index (χ0) is 11.6. The number of hydrogen-bond acceptors (Lipinski definition) is 3. The van der Waals surface area contributed by atoms with E-state index in [0.717, 1.165) is 12.3 Å². The van der Waals surface area contributed by atoms with E-state index in [-0.39, 0.29) is 5.56 Å². The van der Waals surface area contributed by atoms with Crippen molar-refractivity contribution in [3.63, 3.8) is 0 Å². The Balaban J connectivity index is 3.49. The molecule has 84 valence electrons. The van der Waals surface area contributed by atoms with E-state index in [4.69, 9.17) is 22.3 Å². The molecule has 1 aromatic heterocycles. The van der Waals surface area contributed by atoms with Crippen molar-refractivity contribution < 1.29 is 17.2 Å². The van der Waals surface area contributed by atoms with Crippen molar-refractivity contribution in [1.29, 1.82) is 0 Å². The van der Waals surface area contributed by atoms with Crippen LogP contribution in [0.15, 0.2) is 17.2 Å². The molecule has 0 saturated heterocycles. The number of nitrogens with zero attached hydrogens (tertiary/aromatic N) is 1. The summed E-state index contributed by atoms with van der Waals surface area (Å²) in [5.41, 5.74) is -0.920. The molecule has 1 heterocycles. The van der Waals surface area contributed by atoms with Gasteiger partial charge in [0.2, 0.25) is 0 Å². The van der Waals surface area contributed by atoms with Gasteiger partial charge in [0, 0.05) is 22.4 Å². The minimum Gasteiger partial charge on any atom is -0.255 e. The van der Waals surface area contributed by atoms with Crippen molar-refractivity contribution in [3.8, 4) is 0 Å². The maximum absolute atomic E-state index is 12.4. The minimum atomic E-state index is -4.09. The van der Waals surface area contributed by atoms with Crippen molar-refractivity contribution in [2.45, 2.75) is 17.2 Å². The van der Waals surface area contributed by atoms with Crippen LogP contribution in [0, 0.1) is 0 Å². The van der Waals surface area contributed by atoms with E-state index in [0.29, 0.717) is 0 Å². The highest BCUT2D eigenvalue weighted by Gasteiger charge is 2.22. The highest BCUT2D eigenvalue weighted by molar-refractivity contribution is 8.13. The largest absolute Gasteiger partial charge is 0.280 e. The standard InChI is InChI=1S/C7H5Cl2F2NO2S/c8-3-4-5(15(9,13)14)1-2-12-6(4)7(10)11/h1-2,7H,3H2. The van der Waals surface area contributed by atoms with Crippen LogP contribution in [0.25, 0.3) is 0 Å². The zero-order valence-corrected chi connectivity index (χ0v) is 9.45. The van der Waals surface area contributed by atoms with Crippen LogP contribution >= 0.6 is 22.3 Å². The second-order valence-electron chi connectivity index (χ2n) is 2.55. The maximum Gasteiger partial charge on any atom is 0.280 e. The average Bonchev–Trinajstić information content (AvgIpc) is 2.15. The molecule has 3 nitrogen and oxygen atoms in total. The highest BCUT2D eigenvalue weighted by Crippen LogP contribution is 2.28. The molecule has 0 aliphatic carbocycles. The number of aromatic nitrogens is 1. The minimum absolute atomic E-state index is 0.260. The van der Waals surface area contributed by atoms with Crippen molar-refractivity contribution >= 4 is 31.3 Å². The molecule has 8 heteroatoms. The molecule has 1 rings (SSSR count). The van der Waals surface area contributed by atoms with Gasteiger partial charge >= 0.3 is 0 Å². The third-order valence-electron chi connectivity index (χ3n) is 1.65. The Morgan fingerprint density at radius 2 is 2.07 bits per heavy atom. The van der Waals surface area contributed by atoms with Gasteiger partial charge in [-0.3, -0.25) is 4.98 Å². The van der Waals surface area contributed by atoms with Crippen LogP contribution in [0.2, 0.25) is 0 Å². The van der Waals surface area contributed by atoms with Crippen molar-refractivity contribution in [3.05, 3.63) is 23.5 Å². The molecular formula is C7H5Cl2F2NO2S. The summed E-state index contributed by atoms with van der Waals surface area (Å²) in [5, 5.41) is 0. The smallest absolute Gasteiger partial charge is 0.255 e. The summed E-state index contributed by atoms with van der Waals surface area (Å²) in [6.07, 6.45) is -1.94. The van der Waals surface area contributed by atoms with Gasteiger partial charge in [0.05, 0.1) is 10.8 Å². The number of alkyl halides is 3. The Morgan fingerprint density at radius 1 is 1.47 bits per heavy atom. The first-order valence-corrected chi connectivity index (χ1v) is 6.49. The summed E-state index contributed by atoms with van der Waals surface area (Å²) >= 11 is 5.39. The topological polar surface area (TPSA) is 47.0 Å². The second-order valence-corrected chi connectivity index (χ2v) is 5.35. The Kier molecular flexibility index (Phi) is 3.86. The highest BCUT2D eigenvalue weighted by atomic mass is 35.7. The van der Waals surface area contributed by atoms with Crippen molar-refractivity contribution in [1.82, 2.24) is 4.98 Å². The lowest BCUT2D eigenvalue weighted by molar-refractivity contribution is 0.144. The van der Waals surface area contributed by atoms with Gasteiger partial charge in [-0.2, -0.15) is 0 Å². The molecule has 0 fully saturated rings. The Hall–Kier alpha value is -0.460. The van der Waals surface area contributed by atoms with Gasteiger partial charge in [-0.05, 0) is 6.07 Å². The SMILES string of the molecule is O=S(=O)(Cl)c1ccnc(C(F)F)c1CCl. The van der Waals surface area contributed by atoms with Crippen LogP contribution < -0.4 is 0 Å². The lowest BCUT2D eigenvalue weighted by Gasteiger charge is -2.08. The van der Waals surface area contributed by atoms with Crippen LogP contribution in [-0.4, -0.2) is 13.4 Å². The molecule has 0 amide bonds. The van der Waals surface area contributed by atoms with E-state index in [9.17, 15) is 17.2 Å². The van der Waals surface area contributed by atoms with E-state index >= 15 is 0 Å². The van der Waals surface area contributed by atoms with E-state index in [2.05, 4.69) is 4.98 Å². The molecular weight excluding hydrogens is 271 g/mol. The Morgan fingerprint density at radius 3 is 2.47 bits per heavy atom. The summed E-state index contributed by atoms with van der Waals surface area (Å²) in [4.78, 5) is 2.94. The fourth-order valence-corrected chi connectivity index (χ4v) is 2.53. The summed E-state index contributed by atoms with van der Waals surface area (Å²) in [6, 6.07) is 1.03. The fourth-order valence-electron chi connectivity index (χ4n) is 1.04. The van der Waals surface area contributed by atoms with E-state index in [1.165, 1.54) is 0 Å². The van der Waals surface area contributed by atoms with Gasteiger partial charge in [0.1, 0.15) is 5.69 Å². The van der Waals surface area contributed by atoms with Crippen LogP contribution in [0.3, 0.4) is 0 Å². The van der Waals surface area contributed by atoms with E-state index in [1.807, 2.05) is 0 Å². The van der Waals surface area contributed by atoms with Gasteiger partial charge in [-0.25, -0.2) is 17.2 Å². The van der Waals surface area contributed by atoms with E-state index in [1.54, 1.807) is 0 Å². The monoisotopic (exact) mass is 275 g/mol. The van der Waals surface area contributed by atoms with E-state index < -0.39 is 31.9 Å². The number of rotatable bonds is 3. The van der Waals surface area contributed by atoms with Gasteiger partial charge in [0.25, 0.3) is 15.5 Å². The predicted octanol–water partition coefficient (Wildman–Crippen LogP) is 2.69. The predicted molar refractivity (Wildman–Crippen MR) is 51.8 cm³/mol. The first kappa shape index (κ1) is 12.6. The van der Waals surface area contributed by atoms with Crippen LogP contribution in [0.1, 0.15) is 17.7 Å². The summed E-state index contributed by atoms with van der Waals surface area (Å²) in [6.45, 7) is 0. The lowest BCUT2D eigenvalue weighted by Crippen LogP contribution is -2.04. The molecule has 0 N–H and O–H groups in total. The molecule has 0 aliphatic rings. The Labute approximate surface area is 94.4 Å². The number of hydrogen-bond donors (Lipinski definition) is 0. The average molecular weight is 276 g/mol. The molecule has 0 atom stereocenters. The molecule has 0 aliphatic heterocycles. The molecule has 0 aromatic carbocycles. The summed E-state index contributed by atoms with van der Waals surface area (Å²) in [7, 11) is 0.973. The third-order valence-corrected chi connectivity index (χ3v) is 3.32. The molecule has 0 saturated carbocycles. The molecule has 0 radical (unpaired) electrons. The van der Waals surface area contributed by atoms with Crippen LogP contribution in [0.5, 0.6) is 0 Å². The fraction of sp³-hybridized carbons (Fsp3) is 0.286. The van der Waals surface area contributed by atoms with Crippen LogP contribution in [-0.2, 0) is 14.9 Å². The molecule has 0 spiro atoms. The summed E-state index contributed by atoms with van der Waals surface area (Å²) < 4.78 is 46.9. The first-order valence-electron chi connectivity index (χ1n) is 3.64. The van der Waals surface area contributed by atoms with Crippen molar-refractivity contribution in [2.75, 3.05) is 0 Å². The second kappa shape index (κ2) is 4.59.